The lowest BCUT2D eigenvalue weighted by atomic mass is 10.3. The van der Waals surface area contributed by atoms with Gasteiger partial charge in [0.15, 0.2) is 5.58 Å². The third-order valence-corrected chi connectivity index (χ3v) is 4.13. The Balaban J connectivity index is 2.03. The Labute approximate surface area is 114 Å². The second-order valence-electron chi connectivity index (χ2n) is 4.27. The van der Waals surface area contributed by atoms with E-state index in [9.17, 15) is 8.42 Å². The minimum absolute atomic E-state index is 0.312. The summed E-state index contributed by atoms with van der Waals surface area (Å²) in [5.74, 6) is -0.0158. The predicted molar refractivity (Wildman–Crippen MR) is 70.3 cm³/mol. The molecule has 0 saturated carbocycles. The average Bonchev–Trinajstić information content (AvgIpc) is 2.96. The first kappa shape index (κ1) is 12.6. The summed E-state index contributed by atoms with van der Waals surface area (Å²) in [5, 5.41) is 3.48. The molecule has 0 aliphatic carbocycles. The molecule has 2 heterocycles. The average molecular weight is 293 g/mol. The number of benzene rings is 1. The van der Waals surface area contributed by atoms with Gasteiger partial charge in [-0.2, -0.15) is 10.1 Å². The van der Waals surface area contributed by atoms with E-state index < -0.39 is 9.84 Å². The zero-order valence-corrected chi connectivity index (χ0v) is 11.3. The number of hydrogen-bond acceptors (Lipinski definition) is 7. The third kappa shape index (κ3) is 2.11. The summed E-state index contributed by atoms with van der Waals surface area (Å²) in [6.07, 6.45) is 1.29. The fourth-order valence-electron chi connectivity index (χ4n) is 1.74. The smallest absolute Gasteiger partial charge is 0.316 e. The molecule has 3 aromatic rings. The Morgan fingerprint density at radius 3 is 2.90 bits per heavy atom. The second-order valence-corrected chi connectivity index (χ2v) is 6.13. The van der Waals surface area contributed by atoms with Crippen LogP contribution < -0.4 is 5.73 Å². The molecular weight excluding hydrogens is 282 g/mol. The van der Waals surface area contributed by atoms with Gasteiger partial charge in [0.2, 0.25) is 9.84 Å². The zero-order chi connectivity index (χ0) is 14.3. The van der Waals surface area contributed by atoms with Crippen molar-refractivity contribution in [3.63, 3.8) is 0 Å². The Morgan fingerprint density at radius 1 is 1.40 bits per heavy atom. The molecule has 2 N–H and O–H groups in total. The van der Waals surface area contributed by atoms with Crippen LogP contribution in [-0.4, -0.2) is 28.2 Å². The van der Waals surface area contributed by atoms with E-state index in [0.717, 1.165) is 0 Å². The van der Waals surface area contributed by atoms with Crippen molar-refractivity contribution in [2.45, 2.75) is 11.0 Å². The van der Waals surface area contributed by atoms with Crippen LogP contribution in [0, 0.1) is 0 Å². The van der Waals surface area contributed by atoms with E-state index in [0.29, 0.717) is 22.6 Å². The molecule has 104 valence electrons. The predicted octanol–water partition coefficient (Wildman–Crippen LogP) is 0.512. The van der Waals surface area contributed by atoms with E-state index in [2.05, 4.69) is 15.1 Å². The van der Waals surface area contributed by atoms with Gasteiger partial charge in [0.25, 0.3) is 0 Å². The molecule has 3 rings (SSSR count). The number of oxazole rings is 1. The highest BCUT2D eigenvalue weighted by Gasteiger charge is 2.24. The fraction of sp³-hybridized carbons (Fsp3) is 0.182. The minimum Gasteiger partial charge on any atom is -0.428 e. The lowest BCUT2D eigenvalue weighted by Crippen LogP contribution is -2.10. The third-order valence-electron chi connectivity index (χ3n) is 2.78. The van der Waals surface area contributed by atoms with Crippen LogP contribution in [0.15, 0.2) is 34.2 Å². The monoisotopic (exact) mass is 293 g/mol. The number of aryl methyl sites for hydroxylation is 1. The molecule has 0 fully saturated rings. The maximum Gasteiger partial charge on any atom is 0.316 e. The summed E-state index contributed by atoms with van der Waals surface area (Å²) in [6, 6.07) is 4.76. The van der Waals surface area contributed by atoms with Gasteiger partial charge in [0.05, 0.1) is 0 Å². The quantitative estimate of drug-likeness (QED) is 0.699. The molecule has 0 aliphatic rings. The molecular formula is C11H11N5O3S. The van der Waals surface area contributed by atoms with Gasteiger partial charge in [0, 0.05) is 12.7 Å². The fourth-order valence-corrected chi connectivity index (χ4v) is 2.92. The van der Waals surface area contributed by atoms with Gasteiger partial charge in [-0.05, 0) is 18.2 Å². The van der Waals surface area contributed by atoms with Crippen LogP contribution in [-0.2, 0) is 22.6 Å². The summed E-state index contributed by atoms with van der Waals surface area (Å²) in [5.41, 5.74) is 6.88. The number of rotatable bonds is 3. The van der Waals surface area contributed by atoms with Crippen molar-refractivity contribution in [3.8, 4) is 0 Å². The van der Waals surface area contributed by atoms with Crippen LogP contribution >= 0.6 is 0 Å². The summed E-state index contributed by atoms with van der Waals surface area (Å²) in [6.45, 7) is 0. The Bertz CT molecular complexity index is 880. The molecule has 8 nitrogen and oxygen atoms in total. The SMILES string of the molecule is Cn1ncnc1CS(=O)(=O)c1nc2cc(N)ccc2o1. The van der Waals surface area contributed by atoms with Gasteiger partial charge in [-0.1, -0.05) is 0 Å². The second kappa shape index (κ2) is 4.30. The molecule has 9 heteroatoms. The van der Waals surface area contributed by atoms with Crippen LogP contribution in [0.25, 0.3) is 11.1 Å². The molecule has 0 radical (unpaired) electrons. The van der Waals surface area contributed by atoms with Gasteiger partial charge < -0.3 is 10.2 Å². The molecule has 20 heavy (non-hydrogen) atoms. The number of sulfone groups is 1. The van der Waals surface area contributed by atoms with Crippen LogP contribution in [0.2, 0.25) is 0 Å². The van der Waals surface area contributed by atoms with Gasteiger partial charge >= 0.3 is 5.22 Å². The molecule has 0 atom stereocenters. The van der Waals surface area contributed by atoms with Gasteiger partial charge in [0.1, 0.15) is 23.4 Å². The first-order valence-electron chi connectivity index (χ1n) is 5.67. The van der Waals surface area contributed by atoms with Crippen molar-refractivity contribution in [2.75, 3.05) is 5.73 Å². The molecule has 0 unspecified atom stereocenters. The Hall–Kier alpha value is -2.42. The highest BCUT2D eigenvalue weighted by Crippen LogP contribution is 2.22. The Kier molecular flexibility index (Phi) is 2.71. The molecule has 2 aromatic heterocycles. The number of nitrogens with two attached hydrogens (primary N) is 1. The molecule has 0 amide bonds. The number of nitrogens with zero attached hydrogens (tertiary/aromatic N) is 4. The number of anilines is 1. The lowest BCUT2D eigenvalue weighted by molar-refractivity contribution is 0.457. The van der Waals surface area contributed by atoms with E-state index in [4.69, 9.17) is 10.2 Å². The van der Waals surface area contributed by atoms with Crippen molar-refractivity contribution in [1.29, 1.82) is 0 Å². The number of aromatic nitrogens is 4. The highest BCUT2D eigenvalue weighted by atomic mass is 32.2. The summed E-state index contributed by atoms with van der Waals surface area (Å²) in [7, 11) is -2.11. The van der Waals surface area contributed by atoms with Crippen molar-refractivity contribution >= 4 is 26.6 Å². The molecule has 0 spiro atoms. The van der Waals surface area contributed by atoms with Crippen LogP contribution in [0.1, 0.15) is 5.82 Å². The van der Waals surface area contributed by atoms with E-state index in [1.807, 2.05) is 0 Å². The van der Waals surface area contributed by atoms with Crippen LogP contribution in [0.5, 0.6) is 0 Å². The molecule has 1 aromatic carbocycles. The van der Waals surface area contributed by atoms with Gasteiger partial charge in [-0.15, -0.1) is 0 Å². The van der Waals surface area contributed by atoms with Crippen molar-refractivity contribution in [3.05, 3.63) is 30.4 Å². The molecule has 0 aliphatic heterocycles. The maximum atomic E-state index is 12.2. The first-order valence-corrected chi connectivity index (χ1v) is 7.32. The largest absolute Gasteiger partial charge is 0.428 e. The standard InChI is InChI=1S/C11H11N5O3S/c1-16-10(13-6-14-16)5-20(17,18)11-15-8-4-7(12)2-3-9(8)19-11/h2-4,6H,5,12H2,1H3. The topological polar surface area (TPSA) is 117 Å². The van der Waals surface area contributed by atoms with Gasteiger partial charge in [-0.3, -0.25) is 4.68 Å². The number of fused-ring (bicyclic) bond motifs is 1. The summed E-state index contributed by atoms with van der Waals surface area (Å²) >= 11 is 0. The van der Waals surface area contributed by atoms with Crippen LogP contribution in [0.4, 0.5) is 5.69 Å². The molecule has 0 saturated heterocycles. The van der Waals surface area contributed by atoms with Crippen LogP contribution in [0.3, 0.4) is 0 Å². The summed E-state index contributed by atoms with van der Waals surface area (Å²) in [4.78, 5) is 7.84. The van der Waals surface area contributed by atoms with E-state index in [1.54, 1.807) is 25.2 Å². The summed E-state index contributed by atoms with van der Waals surface area (Å²) < 4.78 is 31.1. The minimum atomic E-state index is -3.72. The van der Waals surface area contributed by atoms with Crippen molar-refractivity contribution in [1.82, 2.24) is 19.7 Å². The zero-order valence-electron chi connectivity index (χ0n) is 10.5. The Morgan fingerprint density at radius 2 is 2.20 bits per heavy atom. The van der Waals surface area contributed by atoms with E-state index in [1.165, 1.54) is 11.0 Å². The normalized spacial score (nSPS) is 12.1. The van der Waals surface area contributed by atoms with Crippen molar-refractivity contribution < 1.29 is 12.8 Å². The number of hydrogen-bond donors (Lipinski definition) is 1. The van der Waals surface area contributed by atoms with E-state index in [-0.39, 0.29) is 11.0 Å². The van der Waals surface area contributed by atoms with E-state index >= 15 is 0 Å². The van der Waals surface area contributed by atoms with Gasteiger partial charge in [-0.25, -0.2) is 13.4 Å². The highest BCUT2D eigenvalue weighted by molar-refractivity contribution is 7.90. The molecule has 0 bridgehead atoms. The maximum absolute atomic E-state index is 12.2. The van der Waals surface area contributed by atoms with Crippen molar-refractivity contribution in [2.24, 2.45) is 7.05 Å². The first-order chi connectivity index (χ1) is 9.45. The number of nitrogen functional groups attached to an aromatic ring is 1. The lowest BCUT2D eigenvalue weighted by Gasteiger charge is -1.98.